The number of carbonyl (C=O) groups excluding carboxylic acids is 2. The zero-order valence-electron chi connectivity index (χ0n) is 14.3. The summed E-state index contributed by atoms with van der Waals surface area (Å²) in [7, 11) is 1.37. The molecule has 0 aliphatic rings. The SMILES string of the molecule is COc1cc(C(=O)NCc2ccc(C)c(F)c2)cc(Cl)c1OCC(N)=O. The summed E-state index contributed by atoms with van der Waals surface area (Å²) in [5, 5.41) is 2.77. The molecule has 0 aliphatic carbocycles. The van der Waals surface area contributed by atoms with Crippen molar-refractivity contribution < 1.29 is 23.5 Å². The number of rotatable bonds is 7. The highest BCUT2D eigenvalue weighted by Gasteiger charge is 2.16. The van der Waals surface area contributed by atoms with Gasteiger partial charge in [0.15, 0.2) is 18.1 Å². The average molecular weight is 381 g/mol. The maximum Gasteiger partial charge on any atom is 0.255 e. The van der Waals surface area contributed by atoms with Gasteiger partial charge in [0.05, 0.1) is 12.1 Å². The summed E-state index contributed by atoms with van der Waals surface area (Å²) in [6.07, 6.45) is 0. The number of hydrogen-bond donors (Lipinski definition) is 2. The van der Waals surface area contributed by atoms with Gasteiger partial charge in [-0.05, 0) is 36.2 Å². The van der Waals surface area contributed by atoms with E-state index in [1.165, 1.54) is 25.3 Å². The van der Waals surface area contributed by atoms with Gasteiger partial charge in [0, 0.05) is 12.1 Å². The Hall–Kier alpha value is -2.80. The third-order valence-electron chi connectivity index (χ3n) is 3.54. The first-order chi connectivity index (χ1) is 12.3. The van der Waals surface area contributed by atoms with Crippen LogP contribution in [0.5, 0.6) is 11.5 Å². The van der Waals surface area contributed by atoms with E-state index >= 15 is 0 Å². The number of ether oxygens (including phenoxy) is 2. The minimum absolute atomic E-state index is 0.0946. The average Bonchev–Trinajstić information content (AvgIpc) is 2.60. The standard InChI is InChI=1S/C18H18ClFN2O4/c1-10-3-4-11(5-14(10)20)8-22-18(24)12-6-13(19)17(15(7-12)25-2)26-9-16(21)23/h3-7H,8-9H2,1-2H3,(H2,21,23)(H,22,24). The van der Waals surface area contributed by atoms with E-state index in [2.05, 4.69) is 5.32 Å². The number of nitrogens with one attached hydrogen (secondary N) is 1. The Kier molecular flexibility index (Phi) is 6.41. The summed E-state index contributed by atoms with van der Waals surface area (Å²) < 4.78 is 23.9. The molecular formula is C18H18ClFN2O4. The number of primary amides is 1. The van der Waals surface area contributed by atoms with Gasteiger partial charge in [-0.3, -0.25) is 9.59 Å². The third kappa shape index (κ3) is 4.86. The number of nitrogens with two attached hydrogens (primary N) is 1. The Labute approximate surface area is 155 Å². The molecule has 0 saturated carbocycles. The number of methoxy groups -OCH3 is 1. The van der Waals surface area contributed by atoms with Crippen LogP contribution in [0.2, 0.25) is 5.02 Å². The summed E-state index contributed by atoms with van der Waals surface area (Å²) >= 11 is 6.11. The quantitative estimate of drug-likeness (QED) is 0.772. The second-order valence-corrected chi connectivity index (χ2v) is 5.92. The van der Waals surface area contributed by atoms with Gasteiger partial charge in [0.1, 0.15) is 5.82 Å². The molecule has 8 heteroatoms. The molecule has 0 aromatic heterocycles. The monoisotopic (exact) mass is 380 g/mol. The van der Waals surface area contributed by atoms with Gasteiger partial charge in [-0.15, -0.1) is 0 Å². The fourth-order valence-electron chi connectivity index (χ4n) is 2.17. The highest BCUT2D eigenvalue weighted by molar-refractivity contribution is 6.32. The number of carbonyl (C=O) groups is 2. The lowest BCUT2D eigenvalue weighted by atomic mass is 10.1. The van der Waals surface area contributed by atoms with Crippen LogP contribution >= 0.6 is 11.6 Å². The van der Waals surface area contributed by atoms with Gasteiger partial charge in [0.25, 0.3) is 11.8 Å². The Morgan fingerprint density at radius 3 is 2.62 bits per heavy atom. The molecule has 0 spiro atoms. The van der Waals surface area contributed by atoms with E-state index < -0.39 is 11.8 Å². The summed E-state index contributed by atoms with van der Waals surface area (Å²) in [6, 6.07) is 7.54. The molecule has 3 N–H and O–H groups in total. The van der Waals surface area contributed by atoms with E-state index in [1.807, 2.05) is 0 Å². The molecular weight excluding hydrogens is 363 g/mol. The molecule has 2 rings (SSSR count). The molecule has 138 valence electrons. The minimum Gasteiger partial charge on any atom is -0.493 e. The number of aryl methyl sites for hydroxylation is 1. The summed E-state index contributed by atoms with van der Waals surface area (Å²) in [4.78, 5) is 23.2. The fourth-order valence-corrected chi connectivity index (χ4v) is 2.43. The normalized spacial score (nSPS) is 10.3. The molecule has 2 aromatic rings. The molecule has 6 nitrogen and oxygen atoms in total. The number of benzene rings is 2. The highest BCUT2D eigenvalue weighted by Crippen LogP contribution is 2.36. The largest absolute Gasteiger partial charge is 0.493 e. The molecule has 26 heavy (non-hydrogen) atoms. The Morgan fingerprint density at radius 1 is 1.27 bits per heavy atom. The van der Waals surface area contributed by atoms with Crippen LogP contribution in [0.1, 0.15) is 21.5 Å². The molecule has 2 aromatic carbocycles. The molecule has 0 saturated heterocycles. The fraction of sp³-hybridized carbons (Fsp3) is 0.222. The number of amides is 2. The molecule has 0 heterocycles. The van der Waals surface area contributed by atoms with E-state index in [-0.39, 0.29) is 41.1 Å². The molecule has 0 fully saturated rings. The first kappa shape index (κ1) is 19.5. The third-order valence-corrected chi connectivity index (χ3v) is 3.82. The summed E-state index contributed by atoms with van der Waals surface area (Å²) in [5.41, 5.74) is 6.42. The van der Waals surface area contributed by atoms with Gasteiger partial charge < -0.3 is 20.5 Å². The topological polar surface area (TPSA) is 90.7 Å². The maximum absolute atomic E-state index is 13.6. The van der Waals surface area contributed by atoms with Crippen LogP contribution < -0.4 is 20.5 Å². The zero-order chi connectivity index (χ0) is 19.3. The predicted molar refractivity (Wildman–Crippen MR) is 95.0 cm³/mol. The smallest absolute Gasteiger partial charge is 0.255 e. The lowest BCUT2D eigenvalue weighted by Crippen LogP contribution is -2.23. The van der Waals surface area contributed by atoms with Crippen LogP contribution in [0.15, 0.2) is 30.3 Å². The summed E-state index contributed by atoms with van der Waals surface area (Å²) in [5.74, 6) is -1.13. The Balaban J connectivity index is 2.14. The first-order valence-electron chi connectivity index (χ1n) is 7.63. The van der Waals surface area contributed by atoms with Crippen molar-refractivity contribution in [2.45, 2.75) is 13.5 Å². The number of hydrogen-bond acceptors (Lipinski definition) is 4. The predicted octanol–water partition coefficient (Wildman–Crippen LogP) is 2.59. The minimum atomic E-state index is -0.671. The van der Waals surface area contributed by atoms with Crippen molar-refractivity contribution in [3.8, 4) is 11.5 Å². The van der Waals surface area contributed by atoms with Crippen LogP contribution in [0.25, 0.3) is 0 Å². The van der Waals surface area contributed by atoms with Crippen molar-refractivity contribution in [2.75, 3.05) is 13.7 Å². The van der Waals surface area contributed by atoms with Crippen LogP contribution in [-0.2, 0) is 11.3 Å². The summed E-state index contributed by atoms with van der Waals surface area (Å²) in [6.45, 7) is 1.43. The molecule has 0 unspecified atom stereocenters. The van der Waals surface area contributed by atoms with Crippen LogP contribution in [-0.4, -0.2) is 25.5 Å². The van der Waals surface area contributed by atoms with Crippen molar-refractivity contribution >= 4 is 23.4 Å². The second kappa shape index (κ2) is 8.53. The van der Waals surface area contributed by atoms with E-state index in [9.17, 15) is 14.0 Å². The molecule has 0 atom stereocenters. The lowest BCUT2D eigenvalue weighted by molar-refractivity contribution is -0.119. The Morgan fingerprint density at radius 2 is 2.00 bits per heavy atom. The first-order valence-corrected chi connectivity index (χ1v) is 8.01. The molecule has 0 radical (unpaired) electrons. The highest BCUT2D eigenvalue weighted by atomic mass is 35.5. The van der Waals surface area contributed by atoms with E-state index in [0.717, 1.165) is 0 Å². The van der Waals surface area contributed by atoms with Crippen LogP contribution in [0.4, 0.5) is 4.39 Å². The van der Waals surface area contributed by atoms with Crippen LogP contribution in [0, 0.1) is 12.7 Å². The van der Waals surface area contributed by atoms with E-state index in [1.54, 1.807) is 19.1 Å². The van der Waals surface area contributed by atoms with Gasteiger partial charge in [0.2, 0.25) is 0 Å². The number of halogens is 2. The van der Waals surface area contributed by atoms with Gasteiger partial charge in [-0.25, -0.2) is 4.39 Å². The molecule has 0 aliphatic heterocycles. The van der Waals surface area contributed by atoms with Gasteiger partial charge in [-0.2, -0.15) is 0 Å². The van der Waals surface area contributed by atoms with E-state index in [4.69, 9.17) is 26.8 Å². The lowest BCUT2D eigenvalue weighted by Gasteiger charge is -2.13. The second-order valence-electron chi connectivity index (χ2n) is 5.51. The van der Waals surface area contributed by atoms with E-state index in [0.29, 0.717) is 11.1 Å². The zero-order valence-corrected chi connectivity index (χ0v) is 15.0. The van der Waals surface area contributed by atoms with Crippen molar-refractivity contribution in [2.24, 2.45) is 5.73 Å². The Bertz CT molecular complexity index is 842. The van der Waals surface area contributed by atoms with Crippen molar-refractivity contribution in [3.63, 3.8) is 0 Å². The maximum atomic E-state index is 13.6. The van der Waals surface area contributed by atoms with Crippen LogP contribution in [0.3, 0.4) is 0 Å². The van der Waals surface area contributed by atoms with Gasteiger partial charge in [-0.1, -0.05) is 23.7 Å². The van der Waals surface area contributed by atoms with Crippen molar-refractivity contribution in [1.82, 2.24) is 5.32 Å². The van der Waals surface area contributed by atoms with Gasteiger partial charge >= 0.3 is 0 Å². The molecule has 2 amide bonds. The molecule has 0 bridgehead atoms. The van der Waals surface area contributed by atoms with Crippen molar-refractivity contribution in [1.29, 1.82) is 0 Å². The van der Waals surface area contributed by atoms with Crippen molar-refractivity contribution in [3.05, 3.63) is 57.9 Å².